The summed E-state index contributed by atoms with van der Waals surface area (Å²) < 4.78 is 11.3. The molecule has 0 bridgehead atoms. The molecule has 0 spiro atoms. The quantitative estimate of drug-likeness (QED) is 0.659. The Morgan fingerprint density at radius 2 is 1.96 bits per heavy atom. The Kier molecular flexibility index (Phi) is 3.96. The molecule has 0 unspecified atom stereocenters. The molecule has 1 aliphatic heterocycles. The molecule has 0 saturated heterocycles. The van der Waals surface area contributed by atoms with Gasteiger partial charge in [-0.1, -0.05) is 32.4 Å². The van der Waals surface area contributed by atoms with Crippen molar-refractivity contribution < 1.29 is 23.9 Å². The van der Waals surface area contributed by atoms with Gasteiger partial charge in [0.05, 0.1) is 0 Å². The highest BCUT2D eigenvalue weighted by atomic mass is 16.6. The molecule has 0 aromatic heterocycles. The Morgan fingerprint density at radius 3 is 2.63 bits per heavy atom. The Morgan fingerprint density at radius 1 is 1.26 bits per heavy atom. The predicted octanol–water partition coefficient (Wildman–Crippen LogP) is 3.52. The van der Waals surface area contributed by atoms with Gasteiger partial charge in [-0.3, -0.25) is 9.59 Å². The Labute approximate surface area is 160 Å². The van der Waals surface area contributed by atoms with Gasteiger partial charge in [0.1, 0.15) is 18.0 Å². The number of fused-ring (bicyclic) bond motifs is 4. The van der Waals surface area contributed by atoms with Gasteiger partial charge in [-0.05, 0) is 38.0 Å². The molecule has 0 aromatic carbocycles. The van der Waals surface area contributed by atoms with Crippen LogP contribution in [-0.4, -0.2) is 29.9 Å². The highest BCUT2D eigenvalue weighted by Gasteiger charge is 2.63. The number of Topliss-reactive ketones (excluding diaryl/α,β-unsaturated/α-hetero) is 1. The fourth-order valence-electron chi connectivity index (χ4n) is 6.25. The van der Waals surface area contributed by atoms with Crippen molar-refractivity contribution in [2.24, 2.45) is 22.7 Å². The number of ketones is 1. The minimum absolute atomic E-state index is 0.126. The van der Waals surface area contributed by atoms with Crippen LogP contribution in [0.4, 0.5) is 0 Å². The molecule has 146 valence electrons. The summed E-state index contributed by atoms with van der Waals surface area (Å²) in [5, 5.41) is 0. The van der Waals surface area contributed by atoms with Gasteiger partial charge in [0.15, 0.2) is 0 Å². The Bertz CT molecular complexity index is 802. The van der Waals surface area contributed by atoms with Crippen LogP contribution in [0.1, 0.15) is 60.3 Å². The zero-order valence-corrected chi connectivity index (χ0v) is 16.8. The molecule has 0 radical (unpaired) electrons. The maximum Gasteiger partial charge on any atom is 0.334 e. The first-order chi connectivity index (χ1) is 12.6. The average Bonchev–Trinajstić information content (AvgIpc) is 2.85. The zero-order chi connectivity index (χ0) is 19.7. The maximum absolute atomic E-state index is 12.9. The van der Waals surface area contributed by atoms with E-state index in [-0.39, 0.29) is 47.5 Å². The van der Waals surface area contributed by atoms with Crippen LogP contribution in [0, 0.1) is 22.7 Å². The van der Waals surface area contributed by atoms with Crippen molar-refractivity contribution >= 4 is 17.7 Å². The lowest BCUT2D eigenvalue weighted by atomic mass is 9.44. The van der Waals surface area contributed by atoms with Crippen molar-refractivity contribution in [3.05, 3.63) is 22.8 Å². The number of hydrogen-bond donors (Lipinski definition) is 0. The van der Waals surface area contributed by atoms with Crippen LogP contribution in [0.15, 0.2) is 22.8 Å². The van der Waals surface area contributed by atoms with Gasteiger partial charge in [0.25, 0.3) is 0 Å². The predicted molar refractivity (Wildman–Crippen MR) is 98.6 cm³/mol. The number of ether oxygens (including phenoxy) is 2. The summed E-state index contributed by atoms with van der Waals surface area (Å²) in [6.45, 7) is 9.48. The first-order valence-electron chi connectivity index (χ1n) is 9.89. The highest BCUT2D eigenvalue weighted by molar-refractivity contribution is 5.92. The lowest BCUT2D eigenvalue weighted by molar-refractivity contribution is -0.186. The molecular formula is C22H28O5. The third-order valence-corrected chi connectivity index (χ3v) is 7.76. The van der Waals surface area contributed by atoms with Crippen molar-refractivity contribution in [3.8, 4) is 0 Å². The van der Waals surface area contributed by atoms with Crippen LogP contribution >= 0.6 is 0 Å². The summed E-state index contributed by atoms with van der Waals surface area (Å²) in [4.78, 5) is 36.7. The second-order valence-electron chi connectivity index (χ2n) is 9.39. The van der Waals surface area contributed by atoms with E-state index in [0.717, 1.165) is 18.4 Å². The molecule has 27 heavy (non-hydrogen) atoms. The molecule has 0 N–H and O–H groups in total. The summed E-state index contributed by atoms with van der Waals surface area (Å²) in [5.74, 6) is -0.143. The van der Waals surface area contributed by atoms with Gasteiger partial charge in [0, 0.05) is 35.3 Å². The smallest absolute Gasteiger partial charge is 0.334 e. The summed E-state index contributed by atoms with van der Waals surface area (Å²) in [5.41, 5.74) is 2.22. The number of esters is 2. The van der Waals surface area contributed by atoms with Crippen LogP contribution in [0.3, 0.4) is 0 Å². The van der Waals surface area contributed by atoms with E-state index in [9.17, 15) is 14.4 Å². The molecule has 5 heteroatoms. The molecule has 2 saturated carbocycles. The second-order valence-corrected chi connectivity index (χ2v) is 9.39. The number of rotatable bonds is 1. The van der Waals surface area contributed by atoms with E-state index in [4.69, 9.17) is 9.47 Å². The molecule has 4 aliphatic rings. The number of hydrogen-bond acceptors (Lipinski definition) is 5. The molecule has 2 fully saturated rings. The summed E-state index contributed by atoms with van der Waals surface area (Å²) >= 11 is 0. The summed E-state index contributed by atoms with van der Waals surface area (Å²) in [7, 11) is 0. The van der Waals surface area contributed by atoms with Crippen LogP contribution in [0.5, 0.6) is 0 Å². The van der Waals surface area contributed by atoms with E-state index in [1.165, 1.54) is 12.5 Å². The minimum Gasteiger partial charge on any atom is -0.461 e. The van der Waals surface area contributed by atoms with Crippen LogP contribution in [-0.2, 0) is 23.9 Å². The Hall–Kier alpha value is -1.91. The molecular weight excluding hydrogens is 344 g/mol. The molecule has 1 heterocycles. The van der Waals surface area contributed by atoms with E-state index >= 15 is 0 Å². The van der Waals surface area contributed by atoms with Gasteiger partial charge in [-0.25, -0.2) is 4.79 Å². The lowest BCUT2D eigenvalue weighted by Gasteiger charge is -2.60. The van der Waals surface area contributed by atoms with Crippen molar-refractivity contribution in [2.45, 2.75) is 72.5 Å². The molecule has 3 aliphatic carbocycles. The third kappa shape index (κ3) is 2.46. The van der Waals surface area contributed by atoms with E-state index in [2.05, 4.69) is 13.0 Å². The van der Waals surface area contributed by atoms with E-state index in [1.54, 1.807) is 0 Å². The largest absolute Gasteiger partial charge is 0.461 e. The van der Waals surface area contributed by atoms with E-state index in [0.29, 0.717) is 12.0 Å². The van der Waals surface area contributed by atoms with Gasteiger partial charge >= 0.3 is 11.9 Å². The van der Waals surface area contributed by atoms with Crippen LogP contribution < -0.4 is 0 Å². The monoisotopic (exact) mass is 372 g/mol. The van der Waals surface area contributed by atoms with Gasteiger partial charge in [0.2, 0.25) is 0 Å². The van der Waals surface area contributed by atoms with E-state index < -0.39 is 11.5 Å². The second kappa shape index (κ2) is 5.79. The highest BCUT2D eigenvalue weighted by Crippen LogP contribution is 2.63. The average molecular weight is 372 g/mol. The normalized spacial score (nSPS) is 39.8. The minimum atomic E-state index is -0.449. The summed E-state index contributed by atoms with van der Waals surface area (Å²) in [6, 6.07) is 0. The van der Waals surface area contributed by atoms with Gasteiger partial charge in [-0.2, -0.15) is 0 Å². The fraction of sp³-hybridized carbons (Fsp3) is 0.682. The summed E-state index contributed by atoms with van der Waals surface area (Å²) in [6.07, 6.45) is 4.26. The molecule has 0 amide bonds. The van der Waals surface area contributed by atoms with Crippen molar-refractivity contribution in [1.82, 2.24) is 0 Å². The molecule has 0 aromatic rings. The number of carbonyl (C=O) groups is 3. The molecule has 5 atom stereocenters. The van der Waals surface area contributed by atoms with Crippen molar-refractivity contribution in [3.63, 3.8) is 0 Å². The van der Waals surface area contributed by atoms with Gasteiger partial charge < -0.3 is 9.47 Å². The molecule has 4 rings (SSSR count). The van der Waals surface area contributed by atoms with Gasteiger partial charge in [-0.15, -0.1) is 0 Å². The first-order valence-corrected chi connectivity index (χ1v) is 9.89. The lowest BCUT2D eigenvalue weighted by Crippen LogP contribution is -2.61. The topological polar surface area (TPSA) is 69.7 Å². The standard InChI is InChI=1S/C22H28O5/c1-11-14-8-13-6-7-17-21(3,4)18(24)10-19(26-12(2)23)22(17,5)15(13)9-16(14)27-20(11)25/h8,15-17,19H,6-7,9-10H2,1-5H3/t15-,16-,17-,19-,22+/m1/s1. The number of allylic oxidation sites excluding steroid dienone is 1. The maximum atomic E-state index is 12.9. The first kappa shape index (κ1) is 18.5. The number of carbonyl (C=O) groups excluding carboxylic acids is 3. The fourth-order valence-corrected chi connectivity index (χ4v) is 6.25. The van der Waals surface area contributed by atoms with Crippen molar-refractivity contribution in [1.29, 1.82) is 0 Å². The zero-order valence-electron chi connectivity index (χ0n) is 16.8. The molecule has 5 nitrogen and oxygen atoms in total. The van der Waals surface area contributed by atoms with Crippen LogP contribution in [0.25, 0.3) is 0 Å². The van der Waals surface area contributed by atoms with E-state index in [1.807, 2.05) is 20.8 Å². The van der Waals surface area contributed by atoms with Crippen LogP contribution in [0.2, 0.25) is 0 Å². The SMILES string of the molecule is CC(=O)O[C@@H]1CC(=O)C(C)(C)[C@H]2CCC3=CC4=C(C)C(=O)O[C@@H]4C[C@H]3[C@@]21C. The Balaban J connectivity index is 1.80. The third-order valence-electron chi connectivity index (χ3n) is 7.76. The van der Waals surface area contributed by atoms with Crippen molar-refractivity contribution in [2.75, 3.05) is 0 Å².